The fourth-order valence-corrected chi connectivity index (χ4v) is 1.29. The molecule has 1 aliphatic rings. The van der Waals surface area contributed by atoms with Crippen molar-refractivity contribution in [3.63, 3.8) is 0 Å². The Hall–Kier alpha value is -0.110. The van der Waals surface area contributed by atoms with Crippen molar-refractivity contribution in [1.29, 1.82) is 0 Å². The summed E-state index contributed by atoms with van der Waals surface area (Å²) >= 11 is 0. The molecule has 0 aromatic carbocycles. The second kappa shape index (κ2) is 2.25. The SMILES string of the molecule is CCN1CC[C@](C)(F)C1. The summed E-state index contributed by atoms with van der Waals surface area (Å²) in [4.78, 5) is 2.14. The van der Waals surface area contributed by atoms with Gasteiger partial charge in [0.05, 0.1) is 0 Å². The van der Waals surface area contributed by atoms with Crippen LogP contribution in [-0.4, -0.2) is 30.2 Å². The summed E-state index contributed by atoms with van der Waals surface area (Å²) in [5.74, 6) is 0. The van der Waals surface area contributed by atoms with Gasteiger partial charge in [-0.15, -0.1) is 0 Å². The fourth-order valence-electron chi connectivity index (χ4n) is 1.29. The maximum absolute atomic E-state index is 13.0. The molecule has 0 amide bonds. The van der Waals surface area contributed by atoms with Crippen LogP contribution in [0.4, 0.5) is 4.39 Å². The highest BCUT2D eigenvalue weighted by Gasteiger charge is 2.32. The second-order valence-corrected chi connectivity index (χ2v) is 3.03. The highest BCUT2D eigenvalue weighted by Crippen LogP contribution is 2.23. The molecule has 0 spiro atoms. The van der Waals surface area contributed by atoms with Crippen LogP contribution in [0.25, 0.3) is 0 Å². The number of rotatable bonds is 1. The smallest absolute Gasteiger partial charge is 0.122 e. The fraction of sp³-hybridized carbons (Fsp3) is 1.00. The van der Waals surface area contributed by atoms with Crippen LogP contribution in [0.1, 0.15) is 20.3 Å². The van der Waals surface area contributed by atoms with E-state index in [1.807, 2.05) is 0 Å². The lowest BCUT2D eigenvalue weighted by molar-refractivity contribution is 0.191. The van der Waals surface area contributed by atoms with Crippen molar-refractivity contribution >= 4 is 0 Å². The van der Waals surface area contributed by atoms with Gasteiger partial charge in [-0.1, -0.05) is 6.92 Å². The van der Waals surface area contributed by atoms with E-state index in [0.29, 0.717) is 13.0 Å². The first-order valence-electron chi connectivity index (χ1n) is 3.55. The molecular weight excluding hydrogens is 117 g/mol. The van der Waals surface area contributed by atoms with Crippen LogP contribution < -0.4 is 0 Å². The van der Waals surface area contributed by atoms with Gasteiger partial charge in [0, 0.05) is 13.1 Å². The molecule has 0 aromatic rings. The van der Waals surface area contributed by atoms with Crippen LogP contribution in [-0.2, 0) is 0 Å². The van der Waals surface area contributed by atoms with Crippen LogP contribution >= 0.6 is 0 Å². The molecule has 1 saturated heterocycles. The van der Waals surface area contributed by atoms with Crippen LogP contribution in [0.2, 0.25) is 0 Å². The molecule has 0 aliphatic carbocycles. The minimum atomic E-state index is -0.907. The Labute approximate surface area is 55.8 Å². The van der Waals surface area contributed by atoms with Crippen LogP contribution in [0.5, 0.6) is 0 Å². The molecule has 54 valence electrons. The Morgan fingerprint density at radius 1 is 1.67 bits per heavy atom. The summed E-state index contributed by atoms with van der Waals surface area (Å²) in [5, 5.41) is 0. The summed E-state index contributed by atoms with van der Waals surface area (Å²) in [6, 6.07) is 0. The van der Waals surface area contributed by atoms with E-state index in [2.05, 4.69) is 11.8 Å². The molecule has 0 bridgehead atoms. The van der Waals surface area contributed by atoms with Crippen molar-refractivity contribution in [3.8, 4) is 0 Å². The van der Waals surface area contributed by atoms with E-state index in [1.165, 1.54) is 0 Å². The van der Waals surface area contributed by atoms with Gasteiger partial charge in [-0.25, -0.2) is 4.39 Å². The third-order valence-electron chi connectivity index (χ3n) is 1.95. The summed E-state index contributed by atoms with van der Waals surface area (Å²) < 4.78 is 13.0. The maximum Gasteiger partial charge on any atom is 0.122 e. The quantitative estimate of drug-likeness (QED) is 0.520. The molecule has 1 nitrogen and oxygen atoms in total. The van der Waals surface area contributed by atoms with Crippen LogP contribution in [0.3, 0.4) is 0 Å². The summed E-state index contributed by atoms with van der Waals surface area (Å²) in [5.41, 5.74) is -0.907. The van der Waals surface area contributed by atoms with Crippen molar-refractivity contribution in [3.05, 3.63) is 0 Å². The Balaban J connectivity index is 2.38. The summed E-state index contributed by atoms with van der Waals surface area (Å²) in [6.45, 7) is 6.30. The first kappa shape index (κ1) is 7.00. The first-order valence-corrected chi connectivity index (χ1v) is 3.55. The topological polar surface area (TPSA) is 3.24 Å². The van der Waals surface area contributed by atoms with E-state index < -0.39 is 5.67 Å². The zero-order valence-electron chi connectivity index (χ0n) is 6.15. The maximum atomic E-state index is 13.0. The van der Waals surface area contributed by atoms with Crippen molar-refractivity contribution < 1.29 is 4.39 Å². The zero-order valence-corrected chi connectivity index (χ0v) is 6.15. The number of nitrogens with zero attached hydrogens (tertiary/aromatic N) is 1. The number of hydrogen-bond acceptors (Lipinski definition) is 1. The molecule has 0 saturated carbocycles. The lowest BCUT2D eigenvalue weighted by atomic mass is 10.1. The number of likely N-dealkylation sites (tertiary alicyclic amines) is 1. The van der Waals surface area contributed by atoms with Crippen molar-refractivity contribution in [1.82, 2.24) is 4.90 Å². The van der Waals surface area contributed by atoms with E-state index in [4.69, 9.17) is 0 Å². The normalized spacial score (nSPS) is 37.7. The Morgan fingerprint density at radius 3 is 2.56 bits per heavy atom. The molecule has 1 rings (SSSR count). The van der Waals surface area contributed by atoms with E-state index in [-0.39, 0.29) is 0 Å². The van der Waals surface area contributed by atoms with Gasteiger partial charge in [-0.2, -0.15) is 0 Å². The van der Waals surface area contributed by atoms with E-state index >= 15 is 0 Å². The second-order valence-electron chi connectivity index (χ2n) is 3.03. The molecule has 1 atom stereocenters. The lowest BCUT2D eigenvalue weighted by Gasteiger charge is -2.13. The molecule has 1 heterocycles. The Bertz CT molecular complexity index is 101. The predicted molar refractivity (Wildman–Crippen MR) is 36.2 cm³/mol. The molecule has 2 heteroatoms. The van der Waals surface area contributed by atoms with Gasteiger partial charge < -0.3 is 4.90 Å². The monoisotopic (exact) mass is 131 g/mol. The Morgan fingerprint density at radius 2 is 2.33 bits per heavy atom. The van der Waals surface area contributed by atoms with Gasteiger partial charge in [0.2, 0.25) is 0 Å². The van der Waals surface area contributed by atoms with Gasteiger partial charge in [0.25, 0.3) is 0 Å². The van der Waals surface area contributed by atoms with Crippen molar-refractivity contribution in [2.75, 3.05) is 19.6 Å². The van der Waals surface area contributed by atoms with E-state index in [1.54, 1.807) is 6.92 Å². The minimum Gasteiger partial charge on any atom is -0.300 e. The average molecular weight is 131 g/mol. The zero-order chi connectivity index (χ0) is 6.91. The van der Waals surface area contributed by atoms with Gasteiger partial charge in [-0.05, 0) is 19.9 Å². The average Bonchev–Trinajstić information content (AvgIpc) is 2.10. The van der Waals surface area contributed by atoms with E-state index in [0.717, 1.165) is 13.1 Å². The molecular formula is C7H14FN. The lowest BCUT2D eigenvalue weighted by Crippen LogP contribution is -2.25. The van der Waals surface area contributed by atoms with Gasteiger partial charge >= 0.3 is 0 Å². The summed E-state index contributed by atoms with van der Waals surface area (Å²) in [7, 11) is 0. The third kappa shape index (κ3) is 1.65. The van der Waals surface area contributed by atoms with Crippen LogP contribution in [0.15, 0.2) is 0 Å². The number of hydrogen-bond donors (Lipinski definition) is 0. The predicted octanol–water partition coefficient (Wildman–Crippen LogP) is 1.44. The van der Waals surface area contributed by atoms with Crippen molar-refractivity contribution in [2.24, 2.45) is 0 Å². The van der Waals surface area contributed by atoms with Gasteiger partial charge in [0.1, 0.15) is 5.67 Å². The van der Waals surface area contributed by atoms with Crippen LogP contribution in [0, 0.1) is 0 Å². The molecule has 0 N–H and O–H groups in total. The molecule has 9 heavy (non-hydrogen) atoms. The standard InChI is InChI=1S/C7H14FN/c1-3-9-5-4-7(2,8)6-9/h3-6H2,1-2H3/t7-/m0/s1. The molecule has 1 fully saturated rings. The summed E-state index contributed by atoms with van der Waals surface area (Å²) in [6.07, 6.45) is 0.709. The highest BCUT2D eigenvalue weighted by molar-refractivity contribution is 4.85. The molecule has 0 radical (unpaired) electrons. The minimum absolute atomic E-state index is 0.628. The molecule has 1 aliphatic heterocycles. The third-order valence-corrected chi connectivity index (χ3v) is 1.95. The Kier molecular flexibility index (Phi) is 1.75. The van der Waals surface area contributed by atoms with Crippen molar-refractivity contribution in [2.45, 2.75) is 25.9 Å². The number of halogens is 1. The first-order chi connectivity index (χ1) is 4.14. The largest absolute Gasteiger partial charge is 0.300 e. The molecule has 0 aromatic heterocycles. The molecule has 0 unspecified atom stereocenters. The number of alkyl halides is 1. The van der Waals surface area contributed by atoms with Gasteiger partial charge in [-0.3, -0.25) is 0 Å². The highest BCUT2D eigenvalue weighted by atomic mass is 19.1. The van der Waals surface area contributed by atoms with Gasteiger partial charge in [0.15, 0.2) is 0 Å². The van der Waals surface area contributed by atoms with E-state index in [9.17, 15) is 4.39 Å².